The van der Waals surface area contributed by atoms with Crippen molar-refractivity contribution in [2.75, 3.05) is 24.7 Å². The number of nitrogens with one attached hydrogen (secondary N) is 3. The molecule has 2 heterocycles. The molecule has 0 saturated carbocycles. The van der Waals surface area contributed by atoms with Crippen molar-refractivity contribution in [1.82, 2.24) is 26.0 Å². The molecule has 2 rings (SSSR count). The maximum absolute atomic E-state index is 12.4. The molecule has 0 atom stereocenters. The SMILES string of the molecule is C=C(F)CC(=O)N/C=C/N/N=C/C(=O)NC1CCN(c2ncccn2)CC1.C=CCF.CC. The average molecular weight is 466 g/mol. The second kappa shape index (κ2) is 19.1. The summed E-state index contributed by atoms with van der Waals surface area (Å²) < 4.78 is 23.0. The molecule has 0 spiro atoms. The summed E-state index contributed by atoms with van der Waals surface area (Å²) in [4.78, 5) is 33.5. The van der Waals surface area contributed by atoms with E-state index in [4.69, 9.17) is 0 Å². The minimum Gasteiger partial charge on any atom is -0.348 e. The van der Waals surface area contributed by atoms with Crippen LogP contribution in [0.3, 0.4) is 0 Å². The van der Waals surface area contributed by atoms with Gasteiger partial charge in [0, 0.05) is 43.9 Å². The van der Waals surface area contributed by atoms with Gasteiger partial charge in [-0.3, -0.25) is 15.0 Å². The first-order valence-corrected chi connectivity index (χ1v) is 10.5. The van der Waals surface area contributed by atoms with E-state index in [1.54, 1.807) is 18.5 Å². The molecule has 0 radical (unpaired) electrons. The van der Waals surface area contributed by atoms with E-state index in [1.807, 2.05) is 13.8 Å². The molecule has 2 amide bonds. The van der Waals surface area contributed by atoms with Crippen LogP contribution in [0.15, 0.2) is 61.0 Å². The molecule has 182 valence electrons. The van der Waals surface area contributed by atoms with Crippen molar-refractivity contribution in [2.45, 2.75) is 39.2 Å². The maximum Gasteiger partial charge on any atom is 0.264 e. The number of hydrazone groups is 1. The van der Waals surface area contributed by atoms with E-state index in [-0.39, 0.29) is 11.9 Å². The number of aromatic nitrogens is 2. The molecular formula is C22H33F2N7O2. The van der Waals surface area contributed by atoms with E-state index >= 15 is 0 Å². The number of nitrogens with zero attached hydrogens (tertiary/aromatic N) is 4. The second-order valence-corrected chi connectivity index (χ2v) is 6.24. The molecule has 1 saturated heterocycles. The van der Waals surface area contributed by atoms with Gasteiger partial charge in [0.2, 0.25) is 11.9 Å². The number of alkyl halides is 1. The zero-order chi connectivity index (χ0) is 24.9. The number of carbonyl (C=O) groups excluding carboxylic acids is 2. The first-order chi connectivity index (χ1) is 16.0. The first kappa shape index (κ1) is 29.4. The van der Waals surface area contributed by atoms with Crippen LogP contribution >= 0.6 is 0 Å². The smallest absolute Gasteiger partial charge is 0.264 e. The van der Waals surface area contributed by atoms with Gasteiger partial charge >= 0.3 is 0 Å². The predicted molar refractivity (Wildman–Crippen MR) is 127 cm³/mol. The Hall–Kier alpha value is -3.63. The van der Waals surface area contributed by atoms with Gasteiger partial charge in [-0.2, -0.15) is 5.10 Å². The second-order valence-electron chi connectivity index (χ2n) is 6.24. The third kappa shape index (κ3) is 14.9. The van der Waals surface area contributed by atoms with Crippen molar-refractivity contribution in [1.29, 1.82) is 0 Å². The van der Waals surface area contributed by atoms with Crippen LogP contribution in [0.25, 0.3) is 0 Å². The quantitative estimate of drug-likeness (QED) is 0.294. The summed E-state index contributed by atoms with van der Waals surface area (Å²) in [6.07, 6.45) is 9.47. The van der Waals surface area contributed by atoms with E-state index in [1.165, 1.54) is 18.5 Å². The summed E-state index contributed by atoms with van der Waals surface area (Å²) >= 11 is 0. The first-order valence-electron chi connectivity index (χ1n) is 10.5. The van der Waals surface area contributed by atoms with Crippen LogP contribution in [0.5, 0.6) is 0 Å². The number of allylic oxidation sites excluding steroid dienone is 1. The lowest BCUT2D eigenvalue weighted by atomic mass is 10.1. The highest BCUT2D eigenvalue weighted by molar-refractivity contribution is 6.26. The van der Waals surface area contributed by atoms with Crippen LogP contribution in [0.4, 0.5) is 14.7 Å². The summed E-state index contributed by atoms with van der Waals surface area (Å²) in [5.41, 5.74) is 2.46. The molecule has 0 aromatic carbocycles. The minimum atomic E-state index is -0.717. The fourth-order valence-electron chi connectivity index (χ4n) is 2.45. The van der Waals surface area contributed by atoms with Crippen LogP contribution in [0, 0.1) is 0 Å². The summed E-state index contributed by atoms with van der Waals surface area (Å²) in [5.74, 6) is -0.869. The van der Waals surface area contributed by atoms with E-state index in [0.717, 1.165) is 32.1 Å². The molecule has 1 aromatic heterocycles. The molecule has 33 heavy (non-hydrogen) atoms. The molecule has 0 bridgehead atoms. The van der Waals surface area contributed by atoms with Crippen molar-refractivity contribution in [3.8, 4) is 0 Å². The van der Waals surface area contributed by atoms with E-state index in [2.05, 4.69) is 49.2 Å². The molecule has 1 aliphatic rings. The van der Waals surface area contributed by atoms with Gasteiger partial charge in [-0.25, -0.2) is 18.7 Å². The lowest BCUT2D eigenvalue weighted by Gasteiger charge is -2.31. The highest BCUT2D eigenvalue weighted by atomic mass is 19.1. The molecule has 9 nitrogen and oxygen atoms in total. The van der Waals surface area contributed by atoms with Crippen molar-refractivity contribution in [3.63, 3.8) is 0 Å². The Bertz CT molecular complexity index is 765. The van der Waals surface area contributed by atoms with Gasteiger partial charge in [0.1, 0.15) is 18.7 Å². The number of amides is 2. The van der Waals surface area contributed by atoms with Crippen LogP contribution < -0.4 is 21.0 Å². The highest BCUT2D eigenvalue weighted by Gasteiger charge is 2.21. The Balaban J connectivity index is 0.00000154. The van der Waals surface area contributed by atoms with Crippen molar-refractivity contribution in [3.05, 3.63) is 55.9 Å². The fourth-order valence-corrected chi connectivity index (χ4v) is 2.45. The summed E-state index contributed by atoms with van der Waals surface area (Å²) in [6.45, 7) is 11.2. The Morgan fingerprint density at radius 1 is 1.24 bits per heavy atom. The van der Waals surface area contributed by atoms with Crippen LogP contribution in [-0.2, 0) is 9.59 Å². The van der Waals surface area contributed by atoms with Crippen LogP contribution in [0.1, 0.15) is 33.1 Å². The number of anilines is 1. The molecule has 0 unspecified atom stereocenters. The molecule has 1 aliphatic heterocycles. The third-order valence-electron chi connectivity index (χ3n) is 3.80. The molecular weight excluding hydrogens is 432 g/mol. The van der Waals surface area contributed by atoms with Crippen LogP contribution in [0.2, 0.25) is 0 Å². The lowest BCUT2D eigenvalue weighted by Crippen LogP contribution is -2.45. The molecule has 11 heteroatoms. The highest BCUT2D eigenvalue weighted by Crippen LogP contribution is 2.15. The van der Waals surface area contributed by atoms with Gasteiger partial charge in [0.15, 0.2) is 0 Å². The van der Waals surface area contributed by atoms with Gasteiger partial charge in [-0.05, 0) is 18.9 Å². The normalized spacial score (nSPS) is 13.3. The predicted octanol–water partition coefficient (Wildman–Crippen LogP) is 2.77. The largest absolute Gasteiger partial charge is 0.348 e. The number of rotatable bonds is 9. The maximum atomic E-state index is 12.4. The number of hydrogen-bond acceptors (Lipinski definition) is 7. The van der Waals surface area contributed by atoms with E-state index in [9.17, 15) is 18.4 Å². The minimum absolute atomic E-state index is 0.0625. The standard InChI is InChI=1S/C17H22FN7O2.C3H5F.C2H6/c1-13(18)11-15(26)19-7-8-22-23-12-16(27)24-14-3-9-25(10-4-14)17-20-5-2-6-21-17;1-2-3-4;1-2/h2,5-8,12,14,22H,1,3-4,9-11H2,(H,19,26)(H,24,27);2H,1,3H2;1-2H3/b8-7+,23-12+;;. The Kier molecular flexibility index (Phi) is 17.0. The lowest BCUT2D eigenvalue weighted by molar-refractivity contribution is -0.119. The zero-order valence-corrected chi connectivity index (χ0v) is 19.1. The zero-order valence-electron chi connectivity index (χ0n) is 19.1. The van der Waals surface area contributed by atoms with Crippen LogP contribution in [-0.4, -0.2) is 53.8 Å². The number of halogens is 2. The van der Waals surface area contributed by atoms with Gasteiger partial charge in [-0.1, -0.05) is 26.5 Å². The van der Waals surface area contributed by atoms with Gasteiger partial charge in [-0.15, -0.1) is 6.58 Å². The number of hydrogen-bond donors (Lipinski definition) is 3. The third-order valence-corrected chi connectivity index (χ3v) is 3.80. The monoisotopic (exact) mass is 465 g/mol. The molecule has 1 fully saturated rings. The van der Waals surface area contributed by atoms with Crippen molar-refractivity contribution >= 4 is 24.0 Å². The van der Waals surface area contributed by atoms with E-state index in [0.29, 0.717) is 5.95 Å². The Morgan fingerprint density at radius 3 is 2.39 bits per heavy atom. The van der Waals surface area contributed by atoms with Crippen molar-refractivity contribution < 1.29 is 18.4 Å². The summed E-state index contributed by atoms with van der Waals surface area (Å²) in [6, 6.07) is 1.83. The van der Waals surface area contributed by atoms with Gasteiger partial charge < -0.3 is 15.5 Å². The average Bonchev–Trinajstić information content (AvgIpc) is 2.83. The van der Waals surface area contributed by atoms with Gasteiger partial charge in [0.05, 0.1) is 6.42 Å². The topological polar surface area (TPSA) is 112 Å². The summed E-state index contributed by atoms with van der Waals surface area (Å²) in [7, 11) is 0. The molecule has 3 N–H and O–H groups in total. The molecule has 1 aromatic rings. The number of piperidine rings is 1. The number of carbonyl (C=O) groups is 2. The van der Waals surface area contributed by atoms with E-state index < -0.39 is 24.8 Å². The summed E-state index contributed by atoms with van der Waals surface area (Å²) in [5, 5.41) is 8.90. The Morgan fingerprint density at radius 2 is 1.85 bits per heavy atom. The fraction of sp³-hybridized carbons (Fsp3) is 0.409. The van der Waals surface area contributed by atoms with Crippen molar-refractivity contribution in [2.24, 2.45) is 5.10 Å². The van der Waals surface area contributed by atoms with Gasteiger partial charge in [0.25, 0.3) is 5.91 Å². The molecule has 0 aliphatic carbocycles. The Labute approximate surface area is 193 Å².